The zero-order chi connectivity index (χ0) is 14.4. The van der Waals surface area contributed by atoms with Crippen LogP contribution in [0.15, 0.2) is 0 Å². The maximum Gasteiger partial charge on any atom is 0.0783 e. The van der Waals surface area contributed by atoms with E-state index in [9.17, 15) is 0 Å². The van der Waals surface area contributed by atoms with E-state index in [2.05, 4.69) is 37.8 Å². The Kier molecular flexibility index (Phi) is 6.70. The smallest absolute Gasteiger partial charge is 0.0783 e. The van der Waals surface area contributed by atoms with Crippen LogP contribution in [-0.4, -0.2) is 36.3 Å². The predicted octanol–water partition coefficient (Wildman–Crippen LogP) is 4.09. The van der Waals surface area contributed by atoms with Gasteiger partial charge in [0.25, 0.3) is 0 Å². The Balaban J connectivity index is 1.91. The molecule has 0 aromatic carbocycles. The number of hydrogen-bond donors (Lipinski definition) is 1. The summed E-state index contributed by atoms with van der Waals surface area (Å²) >= 11 is 2.08. The molecule has 2 aliphatic rings. The fourth-order valence-corrected chi connectivity index (χ4v) is 5.00. The van der Waals surface area contributed by atoms with E-state index in [-0.39, 0.29) is 5.60 Å². The Bertz CT molecular complexity index is 276. The lowest BCUT2D eigenvalue weighted by Gasteiger charge is -2.41. The average Bonchev–Trinajstić information content (AvgIpc) is 2.86. The van der Waals surface area contributed by atoms with Crippen molar-refractivity contribution in [2.75, 3.05) is 24.7 Å². The molecule has 0 saturated carbocycles. The minimum Gasteiger partial charge on any atom is -0.374 e. The predicted molar refractivity (Wildman–Crippen MR) is 89.5 cm³/mol. The molecular formula is C17H33NOS. The van der Waals surface area contributed by atoms with Crippen LogP contribution in [0.1, 0.15) is 59.3 Å². The Labute approximate surface area is 129 Å². The van der Waals surface area contributed by atoms with Gasteiger partial charge in [0, 0.05) is 18.4 Å². The van der Waals surface area contributed by atoms with Crippen LogP contribution in [0, 0.1) is 11.8 Å². The zero-order valence-electron chi connectivity index (χ0n) is 13.6. The van der Waals surface area contributed by atoms with E-state index in [1.807, 2.05) is 0 Å². The van der Waals surface area contributed by atoms with Crippen molar-refractivity contribution in [2.45, 2.75) is 70.9 Å². The SMILES string of the molecule is CCCNC(CCC(C)C)C1CCOC2(CCSC2)C1. The molecule has 0 aliphatic carbocycles. The third-order valence-corrected chi connectivity index (χ3v) is 6.10. The van der Waals surface area contributed by atoms with E-state index in [1.54, 1.807) is 0 Å². The van der Waals surface area contributed by atoms with Gasteiger partial charge in [-0.15, -0.1) is 0 Å². The van der Waals surface area contributed by atoms with Gasteiger partial charge in [0.15, 0.2) is 0 Å². The summed E-state index contributed by atoms with van der Waals surface area (Å²) in [6.45, 7) is 9.11. The second-order valence-electron chi connectivity index (χ2n) is 7.12. The molecule has 0 bridgehead atoms. The maximum atomic E-state index is 6.19. The first-order valence-electron chi connectivity index (χ1n) is 8.60. The van der Waals surface area contributed by atoms with Crippen molar-refractivity contribution >= 4 is 11.8 Å². The first kappa shape index (κ1) is 16.6. The van der Waals surface area contributed by atoms with Gasteiger partial charge in [-0.2, -0.15) is 11.8 Å². The first-order chi connectivity index (χ1) is 9.65. The lowest BCUT2D eigenvalue weighted by molar-refractivity contribution is -0.0856. The minimum absolute atomic E-state index is 0.234. The number of nitrogens with one attached hydrogen (secondary N) is 1. The zero-order valence-corrected chi connectivity index (χ0v) is 14.4. The quantitative estimate of drug-likeness (QED) is 0.765. The summed E-state index contributed by atoms with van der Waals surface area (Å²) in [5.41, 5.74) is 0.234. The van der Waals surface area contributed by atoms with Gasteiger partial charge in [0.05, 0.1) is 5.60 Å². The maximum absolute atomic E-state index is 6.19. The van der Waals surface area contributed by atoms with Gasteiger partial charge in [-0.3, -0.25) is 0 Å². The molecule has 2 fully saturated rings. The highest BCUT2D eigenvalue weighted by Crippen LogP contribution is 2.41. The van der Waals surface area contributed by atoms with Gasteiger partial charge < -0.3 is 10.1 Å². The Morgan fingerprint density at radius 3 is 2.85 bits per heavy atom. The van der Waals surface area contributed by atoms with Gasteiger partial charge in [-0.1, -0.05) is 20.8 Å². The van der Waals surface area contributed by atoms with Crippen LogP contribution < -0.4 is 5.32 Å². The van der Waals surface area contributed by atoms with E-state index in [4.69, 9.17) is 4.74 Å². The molecule has 2 saturated heterocycles. The highest BCUT2D eigenvalue weighted by molar-refractivity contribution is 7.99. The second-order valence-corrected chi connectivity index (χ2v) is 8.22. The molecule has 0 aromatic heterocycles. The fourth-order valence-electron chi connectivity index (χ4n) is 3.62. The lowest BCUT2D eigenvalue weighted by atomic mass is 9.79. The minimum atomic E-state index is 0.234. The molecule has 20 heavy (non-hydrogen) atoms. The van der Waals surface area contributed by atoms with Crippen LogP contribution in [0.4, 0.5) is 0 Å². The highest BCUT2D eigenvalue weighted by Gasteiger charge is 2.42. The topological polar surface area (TPSA) is 21.3 Å². The largest absolute Gasteiger partial charge is 0.374 e. The van der Waals surface area contributed by atoms with Crippen LogP contribution in [0.25, 0.3) is 0 Å². The average molecular weight is 300 g/mol. The van der Waals surface area contributed by atoms with Crippen LogP contribution >= 0.6 is 11.8 Å². The summed E-state index contributed by atoms with van der Waals surface area (Å²) in [6, 6.07) is 0.712. The third-order valence-electron chi connectivity index (χ3n) is 4.88. The van der Waals surface area contributed by atoms with Crippen molar-refractivity contribution in [1.82, 2.24) is 5.32 Å². The Morgan fingerprint density at radius 2 is 2.20 bits per heavy atom. The first-order valence-corrected chi connectivity index (χ1v) is 9.76. The molecule has 3 unspecified atom stereocenters. The molecule has 2 nitrogen and oxygen atoms in total. The van der Waals surface area contributed by atoms with Crippen molar-refractivity contribution in [1.29, 1.82) is 0 Å². The van der Waals surface area contributed by atoms with Gasteiger partial charge in [-0.05, 0) is 62.7 Å². The summed E-state index contributed by atoms with van der Waals surface area (Å²) < 4.78 is 6.19. The second kappa shape index (κ2) is 8.05. The third kappa shape index (κ3) is 4.64. The highest BCUT2D eigenvalue weighted by atomic mass is 32.2. The monoisotopic (exact) mass is 299 g/mol. The number of rotatable bonds is 7. The van der Waals surface area contributed by atoms with Crippen molar-refractivity contribution < 1.29 is 4.74 Å². The number of ether oxygens (including phenoxy) is 1. The van der Waals surface area contributed by atoms with Gasteiger partial charge in [-0.25, -0.2) is 0 Å². The molecule has 0 amide bonds. The van der Waals surface area contributed by atoms with Gasteiger partial charge >= 0.3 is 0 Å². The van der Waals surface area contributed by atoms with E-state index in [1.165, 1.54) is 56.6 Å². The lowest BCUT2D eigenvalue weighted by Crippen LogP contribution is -2.47. The van der Waals surface area contributed by atoms with E-state index in [0.29, 0.717) is 6.04 Å². The van der Waals surface area contributed by atoms with Crippen LogP contribution in [0.2, 0.25) is 0 Å². The molecular weight excluding hydrogens is 266 g/mol. The summed E-state index contributed by atoms with van der Waals surface area (Å²) in [7, 11) is 0. The Hall–Kier alpha value is 0.270. The van der Waals surface area contributed by atoms with E-state index in [0.717, 1.165) is 18.4 Å². The van der Waals surface area contributed by atoms with E-state index >= 15 is 0 Å². The number of thioether (sulfide) groups is 1. The fraction of sp³-hybridized carbons (Fsp3) is 1.00. The van der Waals surface area contributed by atoms with Gasteiger partial charge in [0.2, 0.25) is 0 Å². The van der Waals surface area contributed by atoms with Crippen LogP contribution in [0.3, 0.4) is 0 Å². The van der Waals surface area contributed by atoms with Gasteiger partial charge in [0.1, 0.15) is 0 Å². The number of hydrogen-bond acceptors (Lipinski definition) is 3. The van der Waals surface area contributed by atoms with Crippen LogP contribution in [0.5, 0.6) is 0 Å². The van der Waals surface area contributed by atoms with Crippen LogP contribution in [-0.2, 0) is 4.74 Å². The summed E-state index contributed by atoms with van der Waals surface area (Å²) in [4.78, 5) is 0. The normalized spacial score (nSPS) is 32.1. The summed E-state index contributed by atoms with van der Waals surface area (Å²) in [5, 5.41) is 3.84. The standard InChI is InChI=1S/C17H33NOS/c1-4-9-18-16(6-5-14(2)3)15-7-10-19-17(12-15)8-11-20-13-17/h14-16,18H,4-13H2,1-3H3. The summed E-state index contributed by atoms with van der Waals surface area (Å²) in [5.74, 6) is 4.17. The molecule has 2 rings (SSSR count). The molecule has 0 aromatic rings. The van der Waals surface area contributed by atoms with Crippen molar-refractivity contribution in [3.63, 3.8) is 0 Å². The molecule has 1 spiro atoms. The molecule has 3 atom stereocenters. The summed E-state index contributed by atoms with van der Waals surface area (Å²) in [6.07, 6.45) is 7.75. The molecule has 0 radical (unpaired) electrons. The molecule has 2 aliphatic heterocycles. The van der Waals surface area contributed by atoms with Crippen molar-refractivity contribution in [3.8, 4) is 0 Å². The van der Waals surface area contributed by atoms with E-state index < -0.39 is 0 Å². The molecule has 118 valence electrons. The molecule has 2 heterocycles. The Morgan fingerprint density at radius 1 is 1.35 bits per heavy atom. The molecule has 3 heteroatoms. The molecule has 1 N–H and O–H groups in total. The van der Waals surface area contributed by atoms with Crippen molar-refractivity contribution in [2.24, 2.45) is 11.8 Å². The van der Waals surface area contributed by atoms with Crippen molar-refractivity contribution in [3.05, 3.63) is 0 Å².